The molecule has 0 saturated heterocycles. The Hall–Kier alpha value is -2.51. The Morgan fingerprint density at radius 2 is 1.89 bits per heavy atom. The van der Waals surface area contributed by atoms with E-state index in [0.29, 0.717) is 29.7 Å². The number of phenolic OH excluding ortho intramolecular Hbond substituents is 2. The molecule has 0 bridgehead atoms. The van der Waals surface area contributed by atoms with Crippen molar-refractivity contribution in [3.63, 3.8) is 0 Å². The first-order chi connectivity index (χ1) is 13.0. The van der Waals surface area contributed by atoms with Crippen LogP contribution in [0.3, 0.4) is 0 Å². The highest BCUT2D eigenvalue weighted by atomic mass is 16.5. The number of furan rings is 1. The molecule has 0 aliphatic carbocycles. The number of hydrogen-bond donors (Lipinski definition) is 4. The summed E-state index contributed by atoms with van der Waals surface area (Å²) in [5.74, 6) is -1.05. The maximum atomic E-state index is 12.3. The molecule has 0 amide bonds. The van der Waals surface area contributed by atoms with Crippen molar-refractivity contribution in [2.75, 3.05) is 0 Å². The molecule has 28 heavy (non-hydrogen) atoms. The lowest BCUT2D eigenvalue weighted by Gasteiger charge is -2.23. The van der Waals surface area contributed by atoms with Crippen LogP contribution in [0.15, 0.2) is 34.9 Å². The minimum absolute atomic E-state index is 0.0264. The van der Waals surface area contributed by atoms with Crippen LogP contribution >= 0.6 is 0 Å². The van der Waals surface area contributed by atoms with Gasteiger partial charge in [-0.15, -0.1) is 0 Å². The predicted molar refractivity (Wildman–Crippen MR) is 103 cm³/mol. The standard InChI is InChI=1S/C21H28O7/c1-12(13(2)22)20(25)28-18(7-8-21(3,4)26)14-9-19(27-11-14)16-10-15(23)5-6-17(16)24/h5-6,9-13,18,22-24,26H,7-8H2,1-4H3. The fraction of sp³-hybridized carbons (Fsp3) is 0.476. The number of rotatable bonds is 8. The molecule has 1 heterocycles. The number of hydrogen-bond acceptors (Lipinski definition) is 7. The van der Waals surface area contributed by atoms with Crippen LogP contribution in [0, 0.1) is 5.92 Å². The van der Waals surface area contributed by atoms with Crippen molar-refractivity contribution < 1.29 is 34.4 Å². The zero-order valence-corrected chi connectivity index (χ0v) is 16.5. The highest BCUT2D eigenvalue weighted by molar-refractivity contribution is 5.73. The minimum Gasteiger partial charge on any atom is -0.508 e. The molecule has 7 heteroatoms. The van der Waals surface area contributed by atoms with Gasteiger partial charge < -0.3 is 29.6 Å². The summed E-state index contributed by atoms with van der Waals surface area (Å²) in [7, 11) is 0. The van der Waals surface area contributed by atoms with Crippen molar-refractivity contribution in [1.29, 1.82) is 0 Å². The van der Waals surface area contributed by atoms with Crippen LogP contribution < -0.4 is 0 Å². The second-order valence-electron chi connectivity index (χ2n) is 7.75. The highest BCUT2D eigenvalue weighted by Gasteiger charge is 2.27. The molecule has 4 N–H and O–H groups in total. The van der Waals surface area contributed by atoms with E-state index in [4.69, 9.17) is 9.15 Å². The van der Waals surface area contributed by atoms with Crippen molar-refractivity contribution in [2.24, 2.45) is 5.92 Å². The fourth-order valence-corrected chi connectivity index (χ4v) is 2.60. The van der Waals surface area contributed by atoms with Crippen LogP contribution in [0.1, 0.15) is 52.2 Å². The van der Waals surface area contributed by atoms with Gasteiger partial charge in [0.05, 0.1) is 29.4 Å². The molecule has 3 atom stereocenters. The molecular formula is C21H28O7. The highest BCUT2D eigenvalue weighted by Crippen LogP contribution is 2.36. The Kier molecular flexibility index (Phi) is 6.74. The molecular weight excluding hydrogens is 364 g/mol. The number of carbonyl (C=O) groups excluding carboxylic acids is 1. The smallest absolute Gasteiger partial charge is 0.311 e. The number of aliphatic hydroxyl groups excluding tert-OH is 1. The summed E-state index contributed by atoms with van der Waals surface area (Å²) in [6, 6.07) is 5.69. The van der Waals surface area contributed by atoms with Gasteiger partial charge in [0, 0.05) is 5.56 Å². The zero-order valence-electron chi connectivity index (χ0n) is 16.5. The number of carbonyl (C=O) groups is 1. The van der Waals surface area contributed by atoms with E-state index < -0.39 is 29.7 Å². The van der Waals surface area contributed by atoms with E-state index in [-0.39, 0.29) is 11.5 Å². The molecule has 0 fully saturated rings. The Morgan fingerprint density at radius 3 is 2.50 bits per heavy atom. The molecule has 0 aliphatic rings. The third kappa shape index (κ3) is 5.74. The first-order valence-corrected chi connectivity index (χ1v) is 9.19. The molecule has 1 aromatic carbocycles. The Bertz CT molecular complexity index is 801. The van der Waals surface area contributed by atoms with Crippen LogP contribution in [-0.2, 0) is 9.53 Å². The molecule has 0 aliphatic heterocycles. The maximum Gasteiger partial charge on any atom is 0.311 e. The van der Waals surface area contributed by atoms with E-state index in [2.05, 4.69) is 0 Å². The quantitative estimate of drug-likeness (QED) is 0.401. The average Bonchev–Trinajstić information content (AvgIpc) is 3.08. The Balaban J connectivity index is 2.29. The summed E-state index contributed by atoms with van der Waals surface area (Å²) < 4.78 is 11.1. The van der Waals surface area contributed by atoms with Crippen LogP contribution in [0.25, 0.3) is 11.3 Å². The summed E-state index contributed by atoms with van der Waals surface area (Å²) in [5, 5.41) is 39.3. The molecule has 154 valence electrons. The molecule has 2 rings (SSSR count). The van der Waals surface area contributed by atoms with Crippen molar-refractivity contribution >= 4 is 5.97 Å². The fourth-order valence-electron chi connectivity index (χ4n) is 2.60. The minimum atomic E-state index is -0.948. The van der Waals surface area contributed by atoms with E-state index in [1.807, 2.05) is 0 Å². The van der Waals surface area contributed by atoms with Gasteiger partial charge in [0.25, 0.3) is 0 Å². The van der Waals surface area contributed by atoms with E-state index in [9.17, 15) is 25.2 Å². The SMILES string of the molecule is CC(O)C(C)C(=O)OC(CCC(C)(C)O)c1coc(-c2cc(O)ccc2O)c1. The van der Waals surface area contributed by atoms with E-state index >= 15 is 0 Å². The van der Waals surface area contributed by atoms with Gasteiger partial charge in [0.2, 0.25) is 0 Å². The lowest BCUT2D eigenvalue weighted by atomic mass is 9.97. The van der Waals surface area contributed by atoms with Crippen LogP contribution in [0.2, 0.25) is 0 Å². The summed E-state index contributed by atoms with van der Waals surface area (Å²) in [5.41, 5.74) is -0.0966. The number of benzene rings is 1. The van der Waals surface area contributed by atoms with Crippen LogP contribution in [-0.4, -0.2) is 38.1 Å². The second kappa shape index (κ2) is 8.67. The average molecular weight is 392 g/mol. The summed E-state index contributed by atoms with van der Waals surface area (Å²) in [4.78, 5) is 12.3. The molecule has 1 aromatic heterocycles. The second-order valence-corrected chi connectivity index (χ2v) is 7.75. The van der Waals surface area contributed by atoms with Crippen molar-refractivity contribution in [2.45, 2.75) is 58.3 Å². The van der Waals surface area contributed by atoms with Gasteiger partial charge in [-0.2, -0.15) is 0 Å². The van der Waals surface area contributed by atoms with Gasteiger partial charge >= 0.3 is 5.97 Å². The Morgan fingerprint density at radius 1 is 1.21 bits per heavy atom. The first-order valence-electron chi connectivity index (χ1n) is 9.19. The zero-order chi connectivity index (χ0) is 21.1. The lowest BCUT2D eigenvalue weighted by molar-refractivity contribution is -0.158. The normalized spacial score (nSPS) is 15.1. The Labute approximate surface area is 164 Å². The summed E-state index contributed by atoms with van der Waals surface area (Å²) >= 11 is 0. The molecule has 7 nitrogen and oxygen atoms in total. The number of phenols is 2. The molecule has 0 radical (unpaired) electrons. The van der Waals surface area contributed by atoms with Crippen molar-refractivity contribution in [3.05, 3.63) is 36.1 Å². The third-order valence-electron chi connectivity index (χ3n) is 4.61. The number of aromatic hydroxyl groups is 2. The van der Waals surface area contributed by atoms with Gasteiger partial charge in [0.15, 0.2) is 0 Å². The van der Waals surface area contributed by atoms with Crippen LogP contribution in [0.4, 0.5) is 0 Å². The molecule has 3 unspecified atom stereocenters. The summed E-state index contributed by atoms with van der Waals surface area (Å²) in [6.07, 6.45) is 0.566. The van der Waals surface area contributed by atoms with Crippen molar-refractivity contribution in [1.82, 2.24) is 0 Å². The monoisotopic (exact) mass is 392 g/mol. The topological polar surface area (TPSA) is 120 Å². The van der Waals surface area contributed by atoms with E-state index in [1.54, 1.807) is 26.8 Å². The lowest BCUT2D eigenvalue weighted by Crippen LogP contribution is -2.27. The number of ether oxygens (including phenoxy) is 1. The van der Waals surface area contributed by atoms with Crippen molar-refractivity contribution in [3.8, 4) is 22.8 Å². The van der Waals surface area contributed by atoms with Gasteiger partial charge in [-0.25, -0.2) is 0 Å². The first kappa shape index (κ1) is 21.8. The molecule has 0 spiro atoms. The van der Waals surface area contributed by atoms with Gasteiger partial charge in [0.1, 0.15) is 23.4 Å². The molecule has 0 saturated carbocycles. The van der Waals surface area contributed by atoms with Gasteiger partial charge in [-0.1, -0.05) is 0 Å². The van der Waals surface area contributed by atoms with Gasteiger partial charge in [-0.3, -0.25) is 4.79 Å². The predicted octanol–water partition coefficient (Wildman–Crippen LogP) is 3.51. The maximum absolute atomic E-state index is 12.3. The third-order valence-corrected chi connectivity index (χ3v) is 4.61. The van der Waals surface area contributed by atoms with E-state index in [1.165, 1.54) is 31.4 Å². The van der Waals surface area contributed by atoms with Gasteiger partial charge in [-0.05, 0) is 64.8 Å². The van der Waals surface area contributed by atoms with E-state index in [0.717, 1.165) is 0 Å². The largest absolute Gasteiger partial charge is 0.508 e. The summed E-state index contributed by atoms with van der Waals surface area (Å²) in [6.45, 7) is 6.41. The number of aliphatic hydroxyl groups is 2. The number of esters is 1. The van der Waals surface area contributed by atoms with Crippen LogP contribution in [0.5, 0.6) is 11.5 Å². The molecule has 2 aromatic rings.